The van der Waals surface area contributed by atoms with Crippen molar-refractivity contribution >= 4 is 64.1 Å². The third-order valence-corrected chi connectivity index (χ3v) is 3.69. The van der Waals surface area contributed by atoms with Gasteiger partial charge in [0.05, 0.1) is 32.3 Å². The molecular weight excluding hydrogens is 321 g/mol. The summed E-state index contributed by atoms with van der Waals surface area (Å²) in [5.74, 6) is -1.45. The van der Waals surface area contributed by atoms with Gasteiger partial charge in [0.25, 0.3) is 0 Å². The van der Waals surface area contributed by atoms with Crippen LogP contribution in [0.5, 0.6) is 0 Å². The van der Waals surface area contributed by atoms with Gasteiger partial charge in [-0.15, -0.1) is 11.8 Å². The molecule has 18 heavy (non-hydrogen) atoms. The molecule has 2 N–H and O–H groups in total. The maximum atomic E-state index is 11.5. The molecule has 8 heteroatoms. The molecule has 1 rings (SSSR count). The van der Waals surface area contributed by atoms with Gasteiger partial charge in [-0.25, -0.2) is 0 Å². The lowest BCUT2D eigenvalue weighted by molar-refractivity contribution is -0.133. The van der Waals surface area contributed by atoms with Crippen LogP contribution in [-0.2, 0) is 9.59 Å². The molecule has 0 aliphatic carbocycles. The second kappa shape index (κ2) is 7.09. The van der Waals surface area contributed by atoms with Crippen LogP contribution in [-0.4, -0.2) is 28.5 Å². The van der Waals surface area contributed by atoms with E-state index in [0.717, 1.165) is 11.8 Å². The first kappa shape index (κ1) is 15.4. The Balaban J connectivity index is 2.59. The van der Waals surface area contributed by atoms with Gasteiger partial charge < -0.3 is 10.4 Å². The summed E-state index contributed by atoms with van der Waals surface area (Å²) in [6.45, 7) is 0. The van der Waals surface area contributed by atoms with Gasteiger partial charge in [-0.2, -0.15) is 0 Å². The van der Waals surface area contributed by atoms with Gasteiger partial charge in [-0.05, 0) is 12.1 Å². The molecule has 0 saturated carbocycles. The van der Waals surface area contributed by atoms with Crippen molar-refractivity contribution in [3.05, 3.63) is 27.2 Å². The number of hydrogen-bond acceptors (Lipinski definition) is 3. The first-order chi connectivity index (χ1) is 8.40. The molecule has 0 spiro atoms. The summed E-state index contributed by atoms with van der Waals surface area (Å²) in [5.41, 5.74) is 0.340. The average Bonchev–Trinajstić information content (AvgIpc) is 2.25. The quantitative estimate of drug-likeness (QED) is 0.813. The fourth-order valence-electron chi connectivity index (χ4n) is 1.04. The van der Waals surface area contributed by atoms with E-state index >= 15 is 0 Å². The Morgan fingerprint density at radius 3 is 2.33 bits per heavy atom. The Kier molecular flexibility index (Phi) is 6.08. The molecule has 0 unspecified atom stereocenters. The van der Waals surface area contributed by atoms with Crippen LogP contribution in [0.15, 0.2) is 12.1 Å². The number of carboxylic acid groups (broad SMARTS) is 1. The molecule has 0 fully saturated rings. The molecule has 1 aromatic carbocycles. The first-order valence-corrected chi connectivity index (χ1v) is 6.93. The Bertz CT molecular complexity index is 482. The number of aliphatic carboxylic acids is 1. The maximum absolute atomic E-state index is 11.5. The van der Waals surface area contributed by atoms with Gasteiger partial charge in [0.15, 0.2) is 0 Å². The number of benzene rings is 1. The lowest BCUT2D eigenvalue weighted by atomic mass is 10.3. The highest BCUT2D eigenvalue weighted by Gasteiger charge is 2.10. The summed E-state index contributed by atoms with van der Waals surface area (Å²) in [6.07, 6.45) is 0. The lowest BCUT2D eigenvalue weighted by Crippen LogP contribution is -2.15. The zero-order valence-corrected chi connectivity index (χ0v) is 12.0. The largest absolute Gasteiger partial charge is 0.481 e. The topological polar surface area (TPSA) is 66.4 Å². The van der Waals surface area contributed by atoms with Crippen molar-refractivity contribution < 1.29 is 14.7 Å². The third-order valence-electron chi connectivity index (χ3n) is 1.74. The van der Waals surface area contributed by atoms with Gasteiger partial charge in [0, 0.05) is 0 Å². The number of halogens is 3. The molecule has 0 aliphatic rings. The second-order valence-corrected chi connectivity index (χ2v) is 5.39. The zero-order valence-electron chi connectivity index (χ0n) is 8.87. The monoisotopic (exact) mass is 327 g/mol. The highest BCUT2D eigenvalue weighted by atomic mass is 35.5. The molecule has 0 aromatic heterocycles. The van der Waals surface area contributed by atoms with Crippen molar-refractivity contribution in [2.45, 2.75) is 0 Å². The predicted molar refractivity (Wildman–Crippen MR) is 75.1 cm³/mol. The molecule has 4 nitrogen and oxygen atoms in total. The SMILES string of the molecule is O=C(O)CSCC(=O)Nc1cc(Cl)c(Cl)cc1Cl. The van der Waals surface area contributed by atoms with Crippen LogP contribution < -0.4 is 5.32 Å². The molecule has 0 aliphatic heterocycles. The Morgan fingerprint density at radius 2 is 1.72 bits per heavy atom. The van der Waals surface area contributed by atoms with E-state index in [-0.39, 0.29) is 27.5 Å². The van der Waals surface area contributed by atoms with Crippen LogP contribution in [0.1, 0.15) is 0 Å². The van der Waals surface area contributed by atoms with Gasteiger partial charge in [0.1, 0.15) is 0 Å². The second-order valence-electron chi connectivity index (χ2n) is 3.18. The van der Waals surface area contributed by atoms with Crippen LogP contribution >= 0.6 is 46.6 Å². The highest BCUT2D eigenvalue weighted by Crippen LogP contribution is 2.32. The highest BCUT2D eigenvalue weighted by molar-refractivity contribution is 8.00. The molecule has 0 radical (unpaired) electrons. The molecule has 1 aromatic rings. The van der Waals surface area contributed by atoms with Crippen molar-refractivity contribution in [2.75, 3.05) is 16.8 Å². The number of carbonyl (C=O) groups is 2. The first-order valence-electron chi connectivity index (χ1n) is 4.64. The minimum atomic E-state index is -0.972. The summed E-state index contributed by atoms with van der Waals surface area (Å²) < 4.78 is 0. The Morgan fingerprint density at radius 1 is 1.11 bits per heavy atom. The van der Waals surface area contributed by atoms with Crippen LogP contribution in [0.2, 0.25) is 15.1 Å². The number of carboxylic acids is 1. The normalized spacial score (nSPS) is 10.2. The molecule has 0 saturated heterocycles. The van der Waals surface area contributed by atoms with Gasteiger partial charge in [0.2, 0.25) is 5.91 Å². The summed E-state index contributed by atoms with van der Waals surface area (Å²) in [6, 6.07) is 2.86. The lowest BCUT2D eigenvalue weighted by Gasteiger charge is -2.08. The number of carbonyl (C=O) groups excluding carboxylic acids is 1. The number of amides is 1. The van der Waals surface area contributed by atoms with Gasteiger partial charge >= 0.3 is 5.97 Å². The van der Waals surface area contributed by atoms with Crippen LogP contribution in [0.3, 0.4) is 0 Å². The number of anilines is 1. The minimum Gasteiger partial charge on any atom is -0.481 e. The third kappa shape index (κ3) is 4.94. The summed E-state index contributed by atoms with van der Waals surface area (Å²) >= 11 is 18.4. The van der Waals surface area contributed by atoms with E-state index in [0.29, 0.717) is 10.7 Å². The maximum Gasteiger partial charge on any atom is 0.313 e. The predicted octanol–water partition coefficient (Wildman–Crippen LogP) is 3.40. The van der Waals surface area contributed by atoms with Crippen LogP contribution in [0.4, 0.5) is 5.69 Å². The van der Waals surface area contributed by atoms with Crippen molar-refractivity contribution in [1.29, 1.82) is 0 Å². The zero-order chi connectivity index (χ0) is 13.7. The fraction of sp³-hybridized carbons (Fsp3) is 0.200. The van der Waals surface area contributed by atoms with E-state index in [4.69, 9.17) is 39.9 Å². The van der Waals surface area contributed by atoms with Crippen LogP contribution in [0.25, 0.3) is 0 Å². The molecule has 0 heterocycles. The standard InChI is InChI=1S/C10H8Cl3NO3S/c11-5-1-7(13)8(2-6(5)12)14-9(15)3-18-4-10(16)17/h1-2H,3-4H2,(H,14,15)(H,16,17). The summed E-state index contributed by atoms with van der Waals surface area (Å²) in [4.78, 5) is 21.8. The van der Waals surface area contributed by atoms with Gasteiger partial charge in [-0.1, -0.05) is 34.8 Å². The van der Waals surface area contributed by atoms with Crippen molar-refractivity contribution in [2.24, 2.45) is 0 Å². The number of hydrogen-bond donors (Lipinski definition) is 2. The van der Waals surface area contributed by atoms with Crippen molar-refractivity contribution in [3.63, 3.8) is 0 Å². The van der Waals surface area contributed by atoms with Crippen molar-refractivity contribution in [3.8, 4) is 0 Å². The number of nitrogens with one attached hydrogen (secondary N) is 1. The Labute approximate surface area is 123 Å². The van der Waals surface area contributed by atoms with Crippen molar-refractivity contribution in [1.82, 2.24) is 0 Å². The average molecular weight is 329 g/mol. The molecule has 1 amide bonds. The van der Waals surface area contributed by atoms with E-state index in [1.165, 1.54) is 12.1 Å². The fourth-order valence-corrected chi connectivity index (χ4v) is 2.16. The van der Waals surface area contributed by atoms with E-state index < -0.39 is 5.97 Å². The molecule has 98 valence electrons. The summed E-state index contributed by atoms with van der Waals surface area (Å²) in [5, 5.41) is 11.8. The molecule has 0 bridgehead atoms. The van der Waals surface area contributed by atoms with E-state index in [9.17, 15) is 9.59 Å². The van der Waals surface area contributed by atoms with Gasteiger partial charge in [-0.3, -0.25) is 9.59 Å². The number of rotatable bonds is 5. The smallest absolute Gasteiger partial charge is 0.313 e. The summed E-state index contributed by atoms with van der Waals surface area (Å²) in [7, 11) is 0. The van der Waals surface area contributed by atoms with E-state index in [2.05, 4.69) is 5.32 Å². The van der Waals surface area contributed by atoms with E-state index in [1.54, 1.807) is 0 Å². The Hall–Kier alpha value is -0.620. The molecule has 0 atom stereocenters. The van der Waals surface area contributed by atoms with Crippen LogP contribution in [0, 0.1) is 0 Å². The molecular formula is C10H8Cl3NO3S. The van der Waals surface area contributed by atoms with E-state index in [1.807, 2.05) is 0 Å². The number of thioether (sulfide) groups is 1. The minimum absolute atomic E-state index is 0.0167.